The highest BCUT2D eigenvalue weighted by molar-refractivity contribution is 7.11. The predicted molar refractivity (Wildman–Crippen MR) is 84.8 cm³/mol. The van der Waals surface area contributed by atoms with Gasteiger partial charge in [-0.1, -0.05) is 6.92 Å². The molecule has 21 heavy (non-hydrogen) atoms. The van der Waals surface area contributed by atoms with Gasteiger partial charge < -0.3 is 10.1 Å². The fourth-order valence-corrected chi connectivity index (χ4v) is 4.69. The van der Waals surface area contributed by atoms with Crippen molar-refractivity contribution < 1.29 is 4.74 Å². The molecular formula is C16H25N3OS. The Kier molecular flexibility index (Phi) is 4.00. The van der Waals surface area contributed by atoms with Gasteiger partial charge in [0.05, 0.1) is 12.3 Å². The summed E-state index contributed by atoms with van der Waals surface area (Å²) in [6.07, 6.45) is 5.49. The topological polar surface area (TPSA) is 37.4 Å². The van der Waals surface area contributed by atoms with Gasteiger partial charge in [0.2, 0.25) is 0 Å². The number of hydrogen-bond acceptors (Lipinski definition) is 5. The first-order valence-corrected chi connectivity index (χ1v) is 9.22. The third-order valence-electron chi connectivity index (χ3n) is 4.91. The van der Waals surface area contributed by atoms with Crippen molar-refractivity contribution in [3.63, 3.8) is 0 Å². The Morgan fingerprint density at radius 3 is 3.10 bits per heavy atom. The molecule has 3 fully saturated rings. The number of aromatic nitrogens is 1. The average molecular weight is 307 g/mol. The van der Waals surface area contributed by atoms with E-state index in [0.717, 1.165) is 32.2 Å². The molecule has 2 aliphatic heterocycles. The average Bonchev–Trinajstić information content (AvgIpc) is 3.10. The summed E-state index contributed by atoms with van der Waals surface area (Å²) in [4.78, 5) is 9.04. The molecule has 2 atom stereocenters. The summed E-state index contributed by atoms with van der Waals surface area (Å²) in [5, 5.41) is 4.68. The van der Waals surface area contributed by atoms with E-state index in [2.05, 4.69) is 17.1 Å². The Morgan fingerprint density at radius 1 is 1.38 bits per heavy atom. The second-order valence-electron chi connectivity index (χ2n) is 6.53. The Balaban J connectivity index is 1.51. The first-order chi connectivity index (χ1) is 10.3. The van der Waals surface area contributed by atoms with E-state index in [0.29, 0.717) is 6.04 Å². The number of morpholine rings is 1. The van der Waals surface area contributed by atoms with Gasteiger partial charge in [-0.2, -0.15) is 0 Å². The molecule has 1 aromatic rings. The number of ether oxygens (including phenoxy) is 1. The van der Waals surface area contributed by atoms with Crippen LogP contribution in [0, 0.1) is 0 Å². The Morgan fingerprint density at radius 2 is 2.29 bits per heavy atom. The van der Waals surface area contributed by atoms with Crippen molar-refractivity contribution in [2.24, 2.45) is 0 Å². The van der Waals surface area contributed by atoms with Crippen LogP contribution in [0.1, 0.15) is 60.2 Å². The molecule has 2 saturated heterocycles. The highest BCUT2D eigenvalue weighted by atomic mass is 32.1. The van der Waals surface area contributed by atoms with E-state index in [4.69, 9.17) is 9.72 Å². The zero-order valence-electron chi connectivity index (χ0n) is 12.8. The van der Waals surface area contributed by atoms with Gasteiger partial charge in [-0.15, -0.1) is 11.3 Å². The number of hydrogen-bond donors (Lipinski definition) is 1. The van der Waals surface area contributed by atoms with Crippen molar-refractivity contribution in [1.29, 1.82) is 0 Å². The second kappa shape index (κ2) is 5.95. The molecule has 116 valence electrons. The maximum absolute atomic E-state index is 6.14. The number of fused-ring (bicyclic) bond motifs is 1. The summed E-state index contributed by atoms with van der Waals surface area (Å²) < 4.78 is 6.14. The van der Waals surface area contributed by atoms with Crippen LogP contribution in [-0.4, -0.2) is 42.2 Å². The lowest BCUT2D eigenvalue weighted by Crippen LogP contribution is -2.42. The quantitative estimate of drug-likeness (QED) is 0.907. The van der Waals surface area contributed by atoms with E-state index in [9.17, 15) is 0 Å². The third kappa shape index (κ3) is 2.89. The van der Waals surface area contributed by atoms with Crippen LogP contribution in [0.3, 0.4) is 0 Å². The van der Waals surface area contributed by atoms with Crippen LogP contribution in [0.15, 0.2) is 0 Å². The third-order valence-corrected chi connectivity index (χ3v) is 6.07. The molecule has 0 aromatic carbocycles. The van der Waals surface area contributed by atoms with Gasteiger partial charge in [0.1, 0.15) is 11.1 Å². The van der Waals surface area contributed by atoms with E-state index in [-0.39, 0.29) is 6.10 Å². The van der Waals surface area contributed by atoms with E-state index in [1.165, 1.54) is 47.8 Å². The molecule has 1 N–H and O–H groups in total. The smallest absolute Gasteiger partial charge is 0.123 e. The van der Waals surface area contributed by atoms with E-state index < -0.39 is 0 Å². The lowest BCUT2D eigenvalue weighted by atomic mass is 10.2. The van der Waals surface area contributed by atoms with Crippen molar-refractivity contribution in [3.05, 3.63) is 15.6 Å². The molecule has 1 aromatic heterocycles. The molecule has 3 heterocycles. The molecule has 3 aliphatic rings. The molecule has 1 saturated carbocycles. The largest absolute Gasteiger partial charge is 0.368 e. The molecule has 5 heteroatoms. The Hall–Kier alpha value is -0.490. The van der Waals surface area contributed by atoms with Crippen LogP contribution in [0.4, 0.5) is 0 Å². The number of nitrogens with one attached hydrogen (secondary N) is 1. The highest BCUT2D eigenvalue weighted by Crippen LogP contribution is 2.44. The first-order valence-electron chi connectivity index (χ1n) is 8.41. The van der Waals surface area contributed by atoms with Crippen LogP contribution in [0.25, 0.3) is 0 Å². The van der Waals surface area contributed by atoms with Gasteiger partial charge in [0, 0.05) is 29.9 Å². The monoisotopic (exact) mass is 307 g/mol. The van der Waals surface area contributed by atoms with Gasteiger partial charge in [-0.05, 0) is 38.8 Å². The Bertz CT molecular complexity index is 500. The summed E-state index contributed by atoms with van der Waals surface area (Å²) >= 11 is 1.88. The standard InChI is InChI=1S/C16H25N3OS/c1-2-17-8-14-15(11-5-6-11)18-16(21-14)13-9-19-7-3-4-12(19)10-20-13/h11-13,17H,2-10H2,1H3. The SMILES string of the molecule is CCNCc1sc(C2CN3CCCC3CO2)nc1C1CC1. The molecule has 0 amide bonds. The summed E-state index contributed by atoms with van der Waals surface area (Å²) in [5.74, 6) is 0.729. The molecule has 1 aliphatic carbocycles. The lowest BCUT2D eigenvalue weighted by Gasteiger charge is -2.34. The van der Waals surface area contributed by atoms with Gasteiger partial charge in [0.25, 0.3) is 0 Å². The van der Waals surface area contributed by atoms with Crippen molar-refractivity contribution in [3.8, 4) is 0 Å². The van der Waals surface area contributed by atoms with Crippen molar-refractivity contribution in [2.75, 3.05) is 26.2 Å². The summed E-state index contributed by atoms with van der Waals surface area (Å²) in [6, 6.07) is 0.672. The van der Waals surface area contributed by atoms with E-state index >= 15 is 0 Å². The summed E-state index contributed by atoms with van der Waals surface area (Å²) in [7, 11) is 0. The van der Waals surface area contributed by atoms with Crippen LogP contribution in [0.5, 0.6) is 0 Å². The molecule has 4 rings (SSSR count). The number of rotatable bonds is 5. The Labute approximate surface area is 130 Å². The van der Waals surface area contributed by atoms with Crippen LogP contribution < -0.4 is 5.32 Å². The minimum Gasteiger partial charge on any atom is -0.368 e. The van der Waals surface area contributed by atoms with Gasteiger partial charge in [-0.25, -0.2) is 4.98 Å². The molecule has 0 radical (unpaired) electrons. The van der Waals surface area contributed by atoms with E-state index in [1.807, 2.05) is 11.3 Å². The lowest BCUT2D eigenvalue weighted by molar-refractivity contribution is -0.0502. The summed E-state index contributed by atoms with van der Waals surface area (Å²) in [6.45, 7) is 7.34. The highest BCUT2D eigenvalue weighted by Gasteiger charge is 2.36. The molecule has 0 bridgehead atoms. The molecule has 4 nitrogen and oxygen atoms in total. The van der Waals surface area contributed by atoms with Crippen molar-refractivity contribution in [2.45, 2.75) is 57.2 Å². The minimum absolute atomic E-state index is 0.206. The maximum Gasteiger partial charge on any atom is 0.123 e. The maximum atomic E-state index is 6.14. The van der Waals surface area contributed by atoms with Gasteiger partial charge in [-0.3, -0.25) is 4.90 Å². The number of nitrogens with zero attached hydrogens (tertiary/aromatic N) is 2. The number of thiazole rings is 1. The molecular weight excluding hydrogens is 282 g/mol. The van der Waals surface area contributed by atoms with E-state index in [1.54, 1.807) is 0 Å². The van der Waals surface area contributed by atoms with Crippen LogP contribution >= 0.6 is 11.3 Å². The minimum atomic E-state index is 0.206. The van der Waals surface area contributed by atoms with Crippen LogP contribution in [0.2, 0.25) is 0 Å². The second-order valence-corrected chi connectivity index (χ2v) is 7.64. The zero-order valence-corrected chi connectivity index (χ0v) is 13.6. The fourth-order valence-electron chi connectivity index (χ4n) is 3.53. The molecule has 0 spiro atoms. The predicted octanol–water partition coefficient (Wildman–Crippen LogP) is 2.67. The van der Waals surface area contributed by atoms with Crippen LogP contribution in [-0.2, 0) is 11.3 Å². The normalized spacial score (nSPS) is 29.8. The van der Waals surface area contributed by atoms with Crippen molar-refractivity contribution in [1.82, 2.24) is 15.2 Å². The summed E-state index contributed by atoms with van der Waals surface area (Å²) in [5.41, 5.74) is 1.36. The first kappa shape index (κ1) is 14.1. The van der Waals surface area contributed by atoms with Gasteiger partial charge >= 0.3 is 0 Å². The molecule has 2 unspecified atom stereocenters. The fraction of sp³-hybridized carbons (Fsp3) is 0.812. The van der Waals surface area contributed by atoms with Crippen molar-refractivity contribution >= 4 is 11.3 Å². The van der Waals surface area contributed by atoms with Gasteiger partial charge in [0.15, 0.2) is 0 Å². The zero-order chi connectivity index (χ0) is 14.2.